The van der Waals surface area contributed by atoms with Crippen molar-refractivity contribution in [2.75, 3.05) is 21.1 Å². The van der Waals surface area contributed by atoms with Crippen LogP contribution in [0.15, 0.2) is 36.4 Å². The summed E-state index contributed by atoms with van der Waals surface area (Å²) in [6.45, 7) is 2.28. The third kappa shape index (κ3) is 2.43. The van der Waals surface area contributed by atoms with Gasteiger partial charge in [0.1, 0.15) is 5.69 Å². The summed E-state index contributed by atoms with van der Waals surface area (Å²) < 4.78 is 0.890. The Balaban J connectivity index is 0.00000147. The van der Waals surface area contributed by atoms with Gasteiger partial charge in [-0.2, -0.15) is 0 Å². The van der Waals surface area contributed by atoms with Crippen molar-refractivity contribution >= 4 is 5.69 Å². The summed E-state index contributed by atoms with van der Waals surface area (Å²) in [5.41, 5.74) is 8.81. The Morgan fingerprint density at radius 3 is 2.25 bits per heavy atom. The van der Waals surface area contributed by atoms with Crippen LogP contribution >= 0.6 is 0 Å². The van der Waals surface area contributed by atoms with Gasteiger partial charge in [0.15, 0.2) is 0 Å². The summed E-state index contributed by atoms with van der Waals surface area (Å²) in [6, 6.07) is 13.4. The third-order valence-electron chi connectivity index (χ3n) is 4.24. The van der Waals surface area contributed by atoms with E-state index in [4.69, 9.17) is 0 Å². The van der Waals surface area contributed by atoms with Crippen LogP contribution in [-0.4, -0.2) is 21.1 Å². The predicted octanol–water partition coefficient (Wildman–Crippen LogP) is 0.961. The van der Waals surface area contributed by atoms with Crippen LogP contribution in [0.1, 0.15) is 16.7 Å². The molecule has 0 saturated heterocycles. The topological polar surface area (TPSA) is 0 Å². The van der Waals surface area contributed by atoms with Crippen molar-refractivity contribution in [1.29, 1.82) is 0 Å². The number of fused-ring (bicyclic) bond motifs is 3. The van der Waals surface area contributed by atoms with Gasteiger partial charge in [0, 0.05) is 5.56 Å². The molecule has 3 rings (SSSR count). The molecular formula is C18H22BrN. The zero-order valence-corrected chi connectivity index (χ0v) is 14.3. The van der Waals surface area contributed by atoms with E-state index in [0.29, 0.717) is 0 Å². The summed E-state index contributed by atoms with van der Waals surface area (Å²) in [7, 11) is 6.72. The smallest absolute Gasteiger partial charge is 0.135 e. The first-order valence-electron chi connectivity index (χ1n) is 7.01. The van der Waals surface area contributed by atoms with Crippen molar-refractivity contribution in [3.63, 3.8) is 0 Å². The van der Waals surface area contributed by atoms with Crippen LogP contribution in [0.2, 0.25) is 0 Å². The summed E-state index contributed by atoms with van der Waals surface area (Å²) in [5, 5.41) is 0. The van der Waals surface area contributed by atoms with Gasteiger partial charge < -0.3 is 17.0 Å². The average molecular weight is 332 g/mol. The summed E-state index contributed by atoms with van der Waals surface area (Å²) in [5.74, 6) is 0. The van der Waals surface area contributed by atoms with Crippen LogP contribution in [0.4, 0.5) is 5.69 Å². The Kier molecular flexibility index (Phi) is 4.08. The Morgan fingerprint density at radius 1 is 0.850 bits per heavy atom. The van der Waals surface area contributed by atoms with E-state index in [1.807, 2.05) is 0 Å². The molecule has 0 aromatic heterocycles. The molecule has 0 amide bonds. The summed E-state index contributed by atoms with van der Waals surface area (Å²) in [6.07, 6.45) is 2.34. The van der Waals surface area contributed by atoms with E-state index in [1.54, 1.807) is 5.56 Å². The number of hydrogen-bond acceptors (Lipinski definition) is 0. The van der Waals surface area contributed by atoms with Crippen LogP contribution < -0.4 is 21.5 Å². The van der Waals surface area contributed by atoms with Crippen molar-refractivity contribution in [2.24, 2.45) is 0 Å². The van der Waals surface area contributed by atoms with E-state index in [1.165, 1.54) is 40.8 Å². The number of nitrogens with zero attached hydrogens (tertiary/aromatic N) is 1. The van der Waals surface area contributed by atoms with Crippen LogP contribution in [0.3, 0.4) is 0 Å². The third-order valence-corrected chi connectivity index (χ3v) is 4.24. The lowest BCUT2D eigenvalue weighted by Gasteiger charge is -2.29. The first kappa shape index (κ1) is 15.3. The van der Waals surface area contributed by atoms with Crippen molar-refractivity contribution in [3.8, 4) is 11.1 Å². The lowest BCUT2D eigenvalue weighted by molar-refractivity contribution is -0.00000414. The van der Waals surface area contributed by atoms with Crippen LogP contribution in [0, 0.1) is 6.92 Å². The van der Waals surface area contributed by atoms with E-state index in [-0.39, 0.29) is 17.0 Å². The number of benzene rings is 2. The maximum absolute atomic E-state index is 2.32. The first-order chi connectivity index (χ1) is 8.98. The van der Waals surface area contributed by atoms with Gasteiger partial charge in [-0.25, -0.2) is 0 Å². The highest BCUT2D eigenvalue weighted by Crippen LogP contribution is 2.38. The largest absolute Gasteiger partial charge is 1.00 e. The summed E-state index contributed by atoms with van der Waals surface area (Å²) in [4.78, 5) is 0. The molecule has 0 radical (unpaired) electrons. The summed E-state index contributed by atoms with van der Waals surface area (Å²) >= 11 is 0. The van der Waals surface area contributed by atoms with Crippen molar-refractivity contribution in [3.05, 3.63) is 53.1 Å². The van der Waals surface area contributed by atoms with Gasteiger partial charge in [-0.1, -0.05) is 24.3 Å². The Morgan fingerprint density at radius 2 is 1.55 bits per heavy atom. The lowest BCUT2D eigenvalue weighted by atomic mass is 9.83. The predicted molar refractivity (Wildman–Crippen MR) is 83.6 cm³/mol. The maximum Gasteiger partial charge on any atom is 0.135 e. The standard InChI is InChI=1S/C18H22N.BrH/c1-13-15-10-9-14-7-5-6-8-16(14)17(15)11-12-18(13)19(2,3)4;/h5-8,11-12H,9-10H2,1-4H3;1H/q+1;/p-1. The average Bonchev–Trinajstić information content (AvgIpc) is 2.37. The molecule has 2 aromatic rings. The highest BCUT2D eigenvalue weighted by atomic mass is 79.9. The van der Waals surface area contributed by atoms with E-state index < -0.39 is 0 Å². The zero-order chi connectivity index (χ0) is 13.6. The molecule has 0 saturated carbocycles. The quantitative estimate of drug-likeness (QED) is 0.683. The van der Waals surface area contributed by atoms with Gasteiger partial charge in [0.05, 0.1) is 21.1 Å². The molecule has 1 aliphatic rings. The fourth-order valence-electron chi connectivity index (χ4n) is 3.31. The van der Waals surface area contributed by atoms with Crippen LogP contribution in [0.25, 0.3) is 11.1 Å². The molecule has 0 N–H and O–H groups in total. The maximum atomic E-state index is 2.32. The fourth-order valence-corrected chi connectivity index (χ4v) is 3.31. The minimum Gasteiger partial charge on any atom is -1.00 e. The van der Waals surface area contributed by atoms with Gasteiger partial charge in [0.25, 0.3) is 0 Å². The van der Waals surface area contributed by atoms with Gasteiger partial charge in [-0.05, 0) is 54.2 Å². The number of rotatable bonds is 1. The second-order valence-corrected chi connectivity index (χ2v) is 6.41. The number of quaternary nitrogens is 1. The molecule has 1 aliphatic carbocycles. The molecule has 1 nitrogen and oxygen atoms in total. The highest BCUT2D eigenvalue weighted by Gasteiger charge is 2.23. The molecule has 0 aliphatic heterocycles. The van der Waals surface area contributed by atoms with Crippen molar-refractivity contribution in [1.82, 2.24) is 4.48 Å². The molecule has 2 heteroatoms. The van der Waals surface area contributed by atoms with Crippen LogP contribution in [-0.2, 0) is 12.8 Å². The Hall–Kier alpha value is -1.12. The molecular weight excluding hydrogens is 310 g/mol. The van der Waals surface area contributed by atoms with Gasteiger partial charge in [0.2, 0.25) is 0 Å². The normalized spacial score (nSPS) is 13.2. The molecule has 0 spiro atoms. The molecule has 106 valence electrons. The van der Waals surface area contributed by atoms with Crippen LogP contribution in [0.5, 0.6) is 0 Å². The molecule has 0 unspecified atom stereocenters. The monoisotopic (exact) mass is 331 g/mol. The van der Waals surface area contributed by atoms with Crippen molar-refractivity contribution < 1.29 is 17.0 Å². The van der Waals surface area contributed by atoms with Gasteiger partial charge in [-0.15, -0.1) is 0 Å². The molecule has 0 fully saturated rings. The minimum atomic E-state index is 0. The number of hydrogen-bond donors (Lipinski definition) is 0. The number of aryl methyl sites for hydroxylation is 1. The van der Waals surface area contributed by atoms with E-state index in [2.05, 4.69) is 64.5 Å². The highest BCUT2D eigenvalue weighted by molar-refractivity contribution is 5.77. The zero-order valence-electron chi connectivity index (χ0n) is 12.7. The second kappa shape index (κ2) is 5.34. The van der Waals surface area contributed by atoms with E-state index in [9.17, 15) is 0 Å². The first-order valence-corrected chi connectivity index (χ1v) is 7.01. The molecule has 0 bridgehead atoms. The second-order valence-electron chi connectivity index (χ2n) is 6.41. The SMILES string of the molecule is Cc1c([N+](C)(C)C)ccc2c1CCc1ccccc1-2.[Br-]. The molecule has 0 heterocycles. The molecule has 2 aromatic carbocycles. The van der Waals surface area contributed by atoms with E-state index >= 15 is 0 Å². The number of halogens is 1. The Bertz CT molecular complexity index is 638. The van der Waals surface area contributed by atoms with Gasteiger partial charge >= 0.3 is 0 Å². The van der Waals surface area contributed by atoms with E-state index in [0.717, 1.165) is 4.48 Å². The lowest BCUT2D eigenvalue weighted by Crippen LogP contribution is -3.00. The van der Waals surface area contributed by atoms with Gasteiger partial charge in [-0.3, -0.25) is 4.48 Å². The van der Waals surface area contributed by atoms with Crippen molar-refractivity contribution in [2.45, 2.75) is 19.8 Å². The molecule has 0 atom stereocenters. The minimum absolute atomic E-state index is 0. The fraction of sp³-hybridized carbons (Fsp3) is 0.333. The molecule has 20 heavy (non-hydrogen) atoms. The Labute approximate surface area is 132 Å².